The van der Waals surface area contributed by atoms with Gasteiger partial charge in [-0.05, 0) is 13.3 Å². The normalized spacial score (nSPS) is 12.4. The average molecular weight is 248 g/mol. The topological polar surface area (TPSA) is 65.0 Å². The van der Waals surface area contributed by atoms with Gasteiger partial charge in [0.25, 0.3) is 0 Å². The molecule has 17 heavy (non-hydrogen) atoms. The molecule has 0 fully saturated rings. The zero-order valence-electron chi connectivity index (χ0n) is 10.8. The van der Waals surface area contributed by atoms with Crippen molar-refractivity contribution < 1.29 is 24.1 Å². The van der Waals surface area contributed by atoms with E-state index < -0.39 is 6.29 Å². The Labute approximate surface area is 103 Å². The van der Waals surface area contributed by atoms with Gasteiger partial charge in [0.1, 0.15) is 0 Å². The van der Waals surface area contributed by atoms with Crippen molar-refractivity contribution in [1.82, 2.24) is 0 Å². The van der Waals surface area contributed by atoms with Crippen LogP contribution in [0, 0.1) is 0 Å². The number of esters is 1. The molecule has 0 aliphatic carbocycles. The lowest BCUT2D eigenvalue weighted by Gasteiger charge is -2.14. The first-order valence-electron chi connectivity index (χ1n) is 6.20. The van der Waals surface area contributed by atoms with Crippen molar-refractivity contribution in [2.24, 2.45) is 0 Å². The summed E-state index contributed by atoms with van der Waals surface area (Å²) in [4.78, 5) is 11.3. The zero-order chi connectivity index (χ0) is 12.9. The highest BCUT2D eigenvalue weighted by Crippen LogP contribution is 2.03. The highest BCUT2D eigenvalue weighted by atomic mass is 16.7. The van der Waals surface area contributed by atoms with E-state index in [-0.39, 0.29) is 12.6 Å². The number of rotatable bonds is 11. The third-order valence-electron chi connectivity index (χ3n) is 2.10. The van der Waals surface area contributed by atoms with Gasteiger partial charge in [-0.3, -0.25) is 4.79 Å². The van der Waals surface area contributed by atoms with Gasteiger partial charge in [-0.2, -0.15) is 0 Å². The molecule has 0 heterocycles. The number of hydrogen-bond donors (Lipinski definition) is 1. The van der Waals surface area contributed by atoms with E-state index >= 15 is 0 Å². The fraction of sp³-hybridized carbons (Fsp3) is 0.917. The molecule has 0 rings (SSSR count). The zero-order valence-corrected chi connectivity index (χ0v) is 10.8. The number of carbonyl (C=O) groups excluding carboxylic acids is 1. The first-order valence-corrected chi connectivity index (χ1v) is 6.20. The molecule has 1 atom stereocenters. The summed E-state index contributed by atoms with van der Waals surface area (Å²) in [6.45, 7) is 4.81. The van der Waals surface area contributed by atoms with E-state index in [1.165, 1.54) is 0 Å². The second-order valence-corrected chi connectivity index (χ2v) is 3.72. The molecule has 0 radical (unpaired) electrons. The maximum absolute atomic E-state index is 11.3. The number of carbonyl (C=O) groups is 1. The van der Waals surface area contributed by atoms with Crippen molar-refractivity contribution in [1.29, 1.82) is 0 Å². The van der Waals surface area contributed by atoms with Crippen LogP contribution < -0.4 is 0 Å². The second-order valence-electron chi connectivity index (χ2n) is 3.72. The minimum Gasteiger partial charge on any atom is -0.436 e. The largest absolute Gasteiger partial charge is 0.436 e. The van der Waals surface area contributed by atoms with Gasteiger partial charge < -0.3 is 19.3 Å². The summed E-state index contributed by atoms with van der Waals surface area (Å²) in [5, 5.41) is 8.46. The lowest BCUT2D eigenvalue weighted by atomic mass is 10.2. The van der Waals surface area contributed by atoms with Crippen LogP contribution in [0.3, 0.4) is 0 Å². The number of hydrogen-bond acceptors (Lipinski definition) is 5. The van der Waals surface area contributed by atoms with Gasteiger partial charge in [0.05, 0.1) is 26.4 Å². The molecule has 0 saturated heterocycles. The molecule has 0 bridgehead atoms. The smallest absolute Gasteiger partial charge is 0.308 e. The number of unbranched alkanes of at least 4 members (excludes halogenated alkanes) is 2. The molecule has 0 spiro atoms. The molecule has 0 amide bonds. The van der Waals surface area contributed by atoms with Crippen LogP contribution in [0.2, 0.25) is 0 Å². The average Bonchev–Trinajstić information content (AvgIpc) is 2.29. The lowest BCUT2D eigenvalue weighted by molar-refractivity contribution is -0.177. The summed E-state index contributed by atoms with van der Waals surface area (Å²) in [6.07, 6.45) is 2.90. The van der Waals surface area contributed by atoms with Crippen molar-refractivity contribution in [2.45, 2.75) is 45.8 Å². The molecular formula is C12H24O5. The molecule has 0 aliphatic rings. The van der Waals surface area contributed by atoms with Gasteiger partial charge in [0, 0.05) is 6.42 Å². The Morgan fingerprint density at radius 2 is 2.00 bits per heavy atom. The van der Waals surface area contributed by atoms with Gasteiger partial charge in [0.15, 0.2) is 6.29 Å². The van der Waals surface area contributed by atoms with Crippen LogP contribution in [-0.4, -0.2) is 43.8 Å². The van der Waals surface area contributed by atoms with Crippen LogP contribution in [0.15, 0.2) is 0 Å². The van der Waals surface area contributed by atoms with Gasteiger partial charge in [0.2, 0.25) is 0 Å². The van der Waals surface area contributed by atoms with Gasteiger partial charge >= 0.3 is 5.97 Å². The number of aliphatic hydroxyl groups is 1. The fourth-order valence-corrected chi connectivity index (χ4v) is 1.24. The van der Waals surface area contributed by atoms with E-state index in [0.29, 0.717) is 26.2 Å². The minimum absolute atomic E-state index is 0.00195. The Morgan fingerprint density at radius 1 is 1.24 bits per heavy atom. The highest BCUT2D eigenvalue weighted by molar-refractivity contribution is 5.69. The first kappa shape index (κ1) is 16.4. The van der Waals surface area contributed by atoms with Crippen LogP contribution in [0.5, 0.6) is 0 Å². The Morgan fingerprint density at radius 3 is 2.65 bits per heavy atom. The van der Waals surface area contributed by atoms with Gasteiger partial charge in [-0.1, -0.05) is 19.8 Å². The first-order chi connectivity index (χ1) is 8.20. The molecule has 0 aromatic carbocycles. The van der Waals surface area contributed by atoms with Crippen molar-refractivity contribution >= 4 is 5.97 Å². The van der Waals surface area contributed by atoms with E-state index in [1.807, 2.05) is 0 Å². The summed E-state index contributed by atoms with van der Waals surface area (Å²) in [7, 11) is 0. The number of aliphatic hydroxyl groups excluding tert-OH is 1. The van der Waals surface area contributed by atoms with Crippen molar-refractivity contribution in [2.75, 3.05) is 26.4 Å². The van der Waals surface area contributed by atoms with Crippen LogP contribution in [0.1, 0.15) is 39.5 Å². The predicted molar refractivity (Wildman–Crippen MR) is 63.6 cm³/mol. The van der Waals surface area contributed by atoms with Crippen molar-refractivity contribution in [3.8, 4) is 0 Å². The van der Waals surface area contributed by atoms with E-state index in [1.54, 1.807) is 6.92 Å². The van der Waals surface area contributed by atoms with Crippen LogP contribution >= 0.6 is 0 Å². The van der Waals surface area contributed by atoms with E-state index in [9.17, 15) is 4.79 Å². The monoisotopic (exact) mass is 248 g/mol. The lowest BCUT2D eigenvalue weighted by Crippen LogP contribution is -2.20. The van der Waals surface area contributed by atoms with E-state index in [2.05, 4.69) is 6.92 Å². The summed E-state index contributed by atoms with van der Waals surface area (Å²) in [5.41, 5.74) is 0. The van der Waals surface area contributed by atoms with Crippen molar-refractivity contribution in [3.63, 3.8) is 0 Å². The minimum atomic E-state index is -0.540. The third kappa shape index (κ3) is 11.6. The molecular weight excluding hydrogens is 224 g/mol. The summed E-state index contributed by atoms with van der Waals surface area (Å²) in [6, 6.07) is 0. The fourth-order valence-electron chi connectivity index (χ4n) is 1.24. The summed E-state index contributed by atoms with van der Waals surface area (Å²) >= 11 is 0. The Hall–Kier alpha value is -0.650. The van der Waals surface area contributed by atoms with Gasteiger partial charge in [-0.25, -0.2) is 0 Å². The molecule has 102 valence electrons. The Kier molecular flexibility index (Phi) is 11.4. The van der Waals surface area contributed by atoms with E-state index in [0.717, 1.165) is 19.3 Å². The standard InChI is InChI=1S/C12H24O5/c1-3-4-5-6-12(14)17-11(2)16-10-9-15-8-7-13/h11,13H,3-10H2,1-2H3. The van der Waals surface area contributed by atoms with Gasteiger partial charge in [-0.15, -0.1) is 0 Å². The molecule has 1 N–H and O–H groups in total. The molecule has 0 aromatic heterocycles. The molecule has 5 nitrogen and oxygen atoms in total. The Balaban J connectivity index is 3.37. The highest BCUT2D eigenvalue weighted by Gasteiger charge is 2.08. The molecule has 1 unspecified atom stereocenters. The molecule has 5 heteroatoms. The summed E-state index contributed by atoms with van der Waals surface area (Å²) in [5.74, 6) is -0.220. The SMILES string of the molecule is CCCCCC(=O)OC(C)OCCOCCO. The molecule has 0 aliphatic heterocycles. The molecule has 0 aromatic rings. The van der Waals surface area contributed by atoms with Crippen LogP contribution in [0.25, 0.3) is 0 Å². The van der Waals surface area contributed by atoms with Crippen LogP contribution in [-0.2, 0) is 19.0 Å². The van der Waals surface area contributed by atoms with Crippen molar-refractivity contribution in [3.05, 3.63) is 0 Å². The maximum Gasteiger partial charge on any atom is 0.308 e. The van der Waals surface area contributed by atoms with Crippen LogP contribution in [0.4, 0.5) is 0 Å². The Bertz CT molecular complexity index is 184. The predicted octanol–water partition coefficient (Wildman–Crippen LogP) is 1.48. The summed E-state index contributed by atoms with van der Waals surface area (Å²) < 4.78 is 15.3. The quantitative estimate of drug-likeness (QED) is 0.341. The maximum atomic E-state index is 11.3. The number of ether oxygens (including phenoxy) is 3. The third-order valence-corrected chi connectivity index (χ3v) is 2.10. The van der Waals surface area contributed by atoms with E-state index in [4.69, 9.17) is 19.3 Å². The molecule has 0 saturated carbocycles. The second kappa shape index (κ2) is 11.8.